The quantitative estimate of drug-likeness (QED) is 0.763. The highest BCUT2D eigenvalue weighted by atomic mass is 35.5. The first-order valence-electron chi connectivity index (χ1n) is 7.06. The molecule has 22 heavy (non-hydrogen) atoms. The Labute approximate surface area is 135 Å². The summed E-state index contributed by atoms with van der Waals surface area (Å²) in [5.41, 5.74) is 0.511. The van der Waals surface area contributed by atoms with Crippen molar-refractivity contribution in [3.63, 3.8) is 0 Å². The van der Waals surface area contributed by atoms with Gasteiger partial charge >= 0.3 is 0 Å². The molecule has 1 aromatic rings. The SMILES string of the molecule is CCCN(CC(=O)NC)CC(=O)Nc1cc(Cl)ccc1OC. The van der Waals surface area contributed by atoms with E-state index in [1.165, 1.54) is 7.11 Å². The second kappa shape index (κ2) is 9.27. The molecule has 0 heterocycles. The molecule has 6 nitrogen and oxygen atoms in total. The van der Waals surface area contributed by atoms with Crippen LogP contribution < -0.4 is 15.4 Å². The number of benzene rings is 1. The molecule has 0 atom stereocenters. The van der Waals surface area contributed by atoms with Crippen molar-refractivity contribution < 1.29 is 14.3 Å². The van der Waals surface area contributed by atoms with Gasteiger partial charge in [-0.1, -0.05) is 18.5 Å². The lowest BCUT2D eigenvalue weighted by Crippen LogP contribution is -2.40. The van der Waals surface area contributed by atoms with Gasteiger partial charge in [0.15, 0.2) is 0 Å². The monoisotopic (exact) mass is 327 g/mol. The number of ether oxygens (including phenoxy) is 1. The van der Waals surface area contributed by atoms with E-state index >= 15 is 0 Å². The summed E-state index contributed by atoms with van der Waals surface area (Å²) >= 11 is 5.93. The van der Waals surface area contributed by atoms with Gasteiger partial charge in [-0.15, -0.1) is 0 Å². The lowest BCUT2D eigenvalue weighted by atomic mass is 10.3. The molecule has 0 saturated carbocycles. The van der Waals surface area contributed by atoms with Crippen molar-refractivity contribution in [2.24, 2.45) is 0 Å². The molecule has 1 rings (SSSR count). The molecule has 122 valence electrons. The van der Waals surface area contributed by atoms with Crippen molar-refractivity contribution >= 4 is 29.1 Å². The van der Waals surface area contributed by atoms with E-state index in [9.17, 15) is 9.59 Å². The minimum atomic E-state index is -0.224. The van der Waals surface area contributed by atoms with Crippen molar-refractivity contribution in [1.82, 2.24) is 10.2 Å². The first-order chi connectivity index (χ1) is 10.5. The Balaban J connectivity index is 2.70. The Kier molecular flexibility index (Phi) is 7.70. The number of halogens is 1. The lowest BCUT2D eigenvalue weighted by molar-refractivity contribution is -0.123. The topological polar surface area (TPSA) is 70.7 Å². The first kappa shape index (κ1) is 18.3. The van der Waals surface area contributed by atoms with Gasteiger partial charge in [-0.25, -0.2) is 0 Å². The van der Waals surface area contributed by atoms with E-state index in [0.717, 1.165) is 6.42 Å². The average molecular weight is 328 g/mol. The van der Waals surface area contributed by atoms with Gasteiger partial charge in [0.2, 0.25) is 11.8 Å². The Morgan fingerprint density at radius 3 is 2.55 bits per heavy atom. The molecule has 0 saturated heterocycles. The predicted molar refractivity (Wildman–Crippen MR) is 87.4 cm³/mol. The summed E-state index contributed by atoms with van der Waals surface area (Å²) < 4.78 is 5.18. The summed E-state index contributed by atoms with van der Waals surface area (Å²) in [5, 5.41) is 5.82. The first-order valence-corrected chi connectivity index (χ1v) is 7.44. The highest BCUT2D eigenvalue weighted by molar-refractivity contribution is 6.31. The number of amides is 2. The van der Waals surface area contributed by atoms with Gasteiger partial charge in [0, 0.05) is 12.1 Å². The zero-order valence-corrected chi connectivity index (χ0v) is 13.9. The maximum atomic E-state index is 12.2. The van der Waals surface area contributed by atoms with Crippen LogP contribution in [0.1, 0.15) is 13.3 Å². The fourth-order valence-electron chi connectivity index (χ4n) is 1.98. The molecule has 0 fully saturated rings. The highest BCUT2D eigenvalue weighted by Gasteiger charge is 2.15. The summed E-state index contributed by atoms with van der Waals surface area (Å²) in [6.07, 6.45) is 0.852. The van der Waals surface area contributed by atoms with E-state index < -0.39 is 0 Å². The number of carbonyl (C=O) groups is 2. The Bertz CT molecular complexity index is 523. The molecule has 0 aliphatic heterocycles. The van der Waals surface area contributed by atoms with Gasteiger partial charge in [0.25, 0.3) is 0 Å². The molecule has 0 radical (unpaired) electrons. The molecular weight excluding hydrogens is 306 g/mol. The molecule has 7 heteroatoms. The maximum Gasteiger partial charge on any atom is 0.238 e. The van der Waals surface area contributed by atoms with E-state index in [4.69, 9.17) is 16.3 Å². The minimum Gasteiger partial charge on any atom is -0.495 e. The largest absolute Gasteiger partial charge is 0.495 e. The van der Waals surface area contributed by atoms with Crippen LogP contribution in [0.3, 0.4) is 0 Å². The summed E-state index contributed by atoms with van der Waals surface area (Å²) in [5.74, 6) is 0.186. The van der Waals surface area contributed by atoms with Gasteiger partial charge in [-0.2, -0.15) is 0 Å². The number of nitrogens with one attached hydrogen (secondary N) is 2. The van der Waals surface area contributed by atoms with Crippen molar-refractivity contribution in [1.29, 1.82) is 0 Å². The van der Waals surface area contributed by atoms with Gasteiger partial charge in [0.1, 0.15) is 5.75 Å². The van der Waals surface area contributed by atoms with Crippen LogP contribution in [-0.4, -0.2) is 50.5 Å². The summed E-state index contributed by atoms with van der Waals surface area (Å²) in [6.45, 7) is 2.96. The molecule has 0 aromatic heterocycles. The summed E-state index contributed by atoms with van der Waals surface area (Å²) in [4.78, 5) is 25.4. The zero-order chi connectivity index (χ0) is 16.5. The number of hydrogen-bond acceptors (Lipinski definition) is 4. The Morgan fingerprint density at radius 2 is 1.95 bits per heavy atom. The Hall–Kier alpha value is -1.79. The van der Waals surface area contributed by atoms with Crippen molar-refractivity contribution in [3.05, 3.63) is 23.2 Å². The highest BCUT2D eigenvalue weighted by Crippen LogP contribution is 2.27. The van der Waals surface area contributed by atoms with Crippen LogP contribution in [0.25, 0.3) is 0 Å². The van der Waals surface area contributed by atoms with Gasteiger partial charge < -0.3 is 15.4 Å². The number of nitrogens with zero attached hydrogens (tertiary/aromatic N) is 1. The molecule has 2 N–H and O–H groups in total. The molecular formula is C15H22ClN3O3. The summed E-state index contributed by atoms with van der Waals surface area (Å²) in [7, 11) is 3.09. The molecule has 0 aliphatic carbocycles. The predicted octanol–water partition coefficient (Wildman–Crippen LogP) is 1.75. The fraction of sp³-hybridized carbons (Fsp3) is 0.467. The van der Waals surface area contributed by atoms with Crippen LogP contribution in [0.5, 0.6) is 5.75 Å². The maximum absolute atomic E-state index is 12.2. The zero-order valence-electron chi connectivity index (χ0n) is 13.1. The smallest absolute Gasteiger partial charge is 0.238 e. The van der Waals surface area contributed by atoms with Gasteiger partial charge in [-0.3, -0.25) is 14.5 Å². The third-order valence-electron chi connectivity index (χ3n) is 2.99. The minimum absolute atomic E-state index is 0.122. The van der Waals surface area contributed by atoms with Crippen LogP contribution in [0.15, 0.2) is 18.2 Å². The van der Waals surface area contributed by atoms with Crippen molar-refractivity contribution in [3.8, 4) is 5.75 Å². The van der Waals surface area contributed by atoms with Crippen molar-refractivity contribution in [2.45, 2.75) is 13.3 Å². The van der Waals surface area contributed by atoms with Crippen LogP contribution in [0.2, 0.25) is 5.02 Å². The normalized spacial score (nSPS) is 10.4. The third-order valence-corrected chi connectivity index (χ3v) is 3.22. The van der Waals surface area contributed by atoms with Crippen molar-refractivity contribution in [2.75, 3.05) is 39.1 Å². The van der Waals surface area contributed by atoms with Crippen LogP contribution in [0.4, 0.5) is 5.69 Å². The number of carbonyl (C=O) groups excluding carboxylic acids is 2. The molecule has 0 spiro atoms. The Morgan fingerprint density at radius 1 is 1.27 bits per heavy atom. The number of rotatable bonds is 8. The van der Waals surface area contributed by atoms with Gasteiger partial charge in [-0.05, 0) is 31.2 Å². The third kappa shape index (κ3) is 5.91. The molecule has 0 unspecified atom stereocenters. The molecule has 1 aromatic carbocycles. The fourth-order valence-corrected chi connectivity index (χ4v) is 2.16. The average Bonchev–Trinajstić information content (AvgIpc) is 2.47. The lowest BCUT2D eigenvalue weighted by Gasteiger charge is -2.20. The number of hydrogen-bond donors (Lipinski definition) is 2. The molecule has 0 aliphatic rings. The van der Waals surface area contributed by atoms with Crippen LogP contribution >= 0.6 is 11.6 Å². The number of likely N-dealkylation sites (N-methyl/N-ethyl adjacent to an activating group) is 1. The van der Waals surface area contributed by atoms with E-state index in [2.05, 4.69) is 10.6 Å². The summed E-state index contributed by atoms with van der Waals surface area (Å²) in [6, 6.07) is 5.00. The number of anilines is 1. The van der Waals surface area contributed by atoms with E-state index in [1.54, 1.807) is 30.1 Å². The number of methoxy groups -OCH3 is 1. The van der Waals surface area contributed by atoms with Crippen LogP contribution in [-0.2, 0) is 9.59 Å². The van der Waals surface area contributed by atoms with Crippen LogP contribution in [0, 0.1) is 0 Å². The van der Waals surface area contributed by atoms with E-state index in [-0.39, 0.29) is 24.9 Å². The van der Waals surface area contributed by atoms with E-state index in [0.29, 0.717) is 23.0 Å². The van der Waals surface area contributed by atoms with E-state index in [1.807, 2.05) is 6.92 Å². The standard InChI is InChI=1S/C15H22ClN3O3/c1-4-7-19(9-14(20)17-2)10-15(21)18-12-8-11(16)5-6-13(12)22-3/h5-6,8H,4,7,9-10H2,1-3H3,(H,17,20)(H,18,21). The molecule has 2 amide bonds. The van der Waals surface area contributed by atoms with Gasteiger partial charge in [0.05, 0.1) is 25.9 Å². The second-order valence-electron chi connectivity index (χ2n) is 4.78. The second-order valence-corrected chi connectivity index (χ2v) is 5.21. The molecule has 0 bridgehead atoms.